The van der Waals surface area contributed by atoms with Crippen LogP contribution in [-0.2, 0) is 11.3 Å². The van der Waals surface area contributed by atoms with Crippen molar-refractivity contribution in [2.24, 2.45) is 0 Å². The summed E-state index contributed by atoms with van der Waals surface area (Å²) >= 11 is 3.24. The number of hydrogen-bond acceptors (Lipinski definition) is 6. The molecule has 1 aromatic carbocycles. The van der Waals surface area contributed by atoms with Gasteiger partial charge in [0.25, 0.3) is 5.91 Å². The number of thiophene rings is 1. The lowest BCUT2D eigenvalue weighted by Crippen LogP contribution is -2.35. The summed E-state index contributed by atoms with van der Waals surface area (Å²) in [6, 6.07) is 12.8. The molecule has 5 nitrogen and oxygen atoms in total. The second kappa shape index (κ2) is 8.13. The Balaban J connectivity index is 1.53. The van der Waals surface area contributed by atoms with E-state index in [9.17, 15) is 4.79 Å². The Kier molecular flexibility index (Phi) is 5.66. The zero-order valence-electron chi connectivity index (χ0n) is 14.4. The molecule has 0 aliphatic rings. The number of hydrogen-bond donors (Lipinski definition) is 1. The number of benzene rings is 1. The highest BCUT2D eigenvalue weighted by atomic mass is 32.1. The normalized spacial score (nSPS) is 11.6. The van der Waals surface area contributed by atoms with Crippen molar-refractivity contribution in [3.63, 3.8) is 0 Å². The summed E-state index contributed by atoms with van der Waals surface area (Å²) in [5.74, 6) is 0.373. The number of aryl methyl sites for hydroxylation is 1. The molecule has 3 aromatic rings. The summed E-state index contributed by atoms with van der Waals surface area (Å²) in [4.78, 5) is 18.9. The van der Waals surface area contributed by atoms with Gasteiger partial charge in [0.05, 0.1) is 33.8 Å². The van der Waals surface area contributed by atoms with Gasteiger partial charge in [0, 0.05) is 10.3 Å². The second-order valence-electron chi connectivity index (χ2n) is 5.63. The van der Waals surface area contributed by atoms with E-state index in [1.165, 1.54) is 0 Å². The number of nitrogens with one attached hydrogen (secondary N) is 1. The Morgan fingerprint density at radius 1 is 1.31 bits per heavy atom. The van der Waals surface area contributed by atoms with Crippen LogP contribution in [0.2, 0.25) is 0 Å². The number of carbonyl (C=O) groups is 1. The molecule has 26 heavy (non-hydrogen) atoms. The Bertz CT molecular complexity index is 938. The van der Waals surface area contributed by atoms with Gasteiger partial charge in [0.1, 0.15) is 5.75 Å². The fraction of sp³-hybridized carbons (Fsp3) is 0.211. The molecule has 1 amide bonds. The number of ether oxygens (including phenoxy) is 1. The molecule has 0 aliphatic heterocycles. The van der Waals surface area contributed by atoms with Crippen LogP contribution in [0, 0.1) is 18.3 Å². The zero-order chi connectivity index (χ0) is 18.5. The van der Waals surface area contributed by atoms with Crippen molar-refractivity contribution in [2.45, 2.75) is 26.5 Å². The number of amides is 1. The fourth-order valence-corrected chi connectivity index (χ4v) is 3.87. The van der Waals surface area contributed by atoms with Gasteiger partial charge in [-0.2, -0.15) is 5.26 Å². The lowest BCUT2D eigenvalue weighted by Gasteiger charge is -2.14. The third-order valence-corrected chi connectivity index (χ3v) is 5.52. The van der Waals surface area contributed by atoms with E-state index in [1.54, 1.807) is 53.9 Å². The Morgan fingerprint density at radius 2 is 2.08 bits per heavy atom. The number of rotatable bonds is 6. The van der Waals surface area contributed by atoms with E-state index in [0.29, 0.717) is 17.9 Å². The Morgan fingerprint density at radius 3 is 2.73 bits per heavy atom. The van der Waals surface area contributed by atoms with Gasteiger partial charge in [0.2, 0.25) is 0 Å². The number of aromatic nitrogens is 1. The lowest BCUT2D eigenvalue weighted by molar-refractivity contribution is -0.127. The molecule has 0 spiro atoms. The summed E-state index contributed by atoms with van der Waals surface area (Å²) in [6.45, 7) is 4.14. The summed E-state index contributed by atoms with van der Waals surface area (Å²) in [5.41, 5.74) is 1.53. The molecule has 0 bridgehead atoms. The first-order valence-corrected chi connectivity index (χ1v) is 9.70. The van der Waals surface area contributed by atoms with E-state index in [1.807, 2.05) is 30.5 Å². The van der Waals surface area contributed by atoms with Gasteiger partial charge in [-0.05, 0) is 50.2 Å². The molecule has 7 heteroatoms. The molecule has 1 atom stereocenters. The standard InChI is InChI=1S/C19H17N3O2S2/c1-12(24-15-5-3-14(9-20)4-6-15)19(23)21-10-16-7-8-18(26-16)17-11-25-13(2)22-17/h3-8,11-12H,10H2,1-2H3,(H,21,23)/t12-/m1/s1. The molecule has 0 saturated heterocycles. The molecule has 0 radical (unpaired) electrons. The van der Waals surface area contributed by atoms with Crippen LogP contribution in [0.5, 0.6) is 5.75 Å². The maximum atomic E-state index is 12.2. The number of carbonyl (C=O) groups excluding carboxylic acids is 1. The monoisotopic (exact) mass is 383 g/mol. The summed E-state index contributed by atoms with van der Waals surface area (Å²) < 4.78 is 5.61. The second-order valence-corrected chi connectivity index (χ2v) is 7.86. The molecule has 0 fully saturated rings. The van der Waals surface area contributed by atoms with Crippen LogP contribution in [-0.4, -0.2) is 17.0 Å². The van der Waals surface area contributed by atoms with Crippen LogP contribution in [0.3, 0.4) is 0 Å². The average Bonchev–Trinajstić information content (AvgIpc) is 3.29. The molecular weight excluding hydrogens is 366 g/mol. The van der Waals surface area contributed by atoms with Crippen molar-refractivity contribution in [3.8, 4) is 22.4 Å². The van der Waals surface area contributed by atoms with E-state index in [2.05, 4.69) is 10.3 Å². The summed E-state index contributed by atoms with van der Waals surface area (Å²) in [7, 11) is 0. The third-order valence-electron chi connectivity index (χ3n) is 3.64. The van der Waals surface area contributed by atoms with Crippen molar-refractivity contribution in [2.75, 3.05) is 0 Å². The highest BCUT2D eigenvalue weighted by molar-refractivity contribution is 7.16. The van der Waals surface area contributed by atoms with Gasteiger partial charge in [-0.1, -0.05) is 0 Å². The first-order valence-electron chi connectivity index (χ1n) is 8.01. The zero-order valence-corrected chi connectivity index (χ0v) is 16.0. The maximum absolute atomic E-state index is 12.2. The highest BCUT2D eigenvalue weighted by Gasteiger charge is 2.15. The summed E-state index contributed by atoms with van der Waals surface area (Å²) in [6.07, 6.45) is -0.622. The van der Waals surface area contributed by atoms with E-state index in [4.69, 9.17) is 10.00 Å². The molecule has 1 N–H and O–H groups in total. The molecule has 0 saturated carbocycles. The Labute approximate surface area is 159 Å². The van der Waals surface area contributed by atoms with Gasteiger partial charge in [-0.15, -0.1) is 22.7 Å². The first kappa shape index (κ1) is 18.1. The lowest BCUT2D eigenvalue weighted by atomic mass is 10.2. The predicted molar refractivity (Wildman–Crippen MR) is 103 cm³/mol. The van der Waals surface area contributed by atoms with Crippen LogP contribution in [0.4, 0.5) is 0 Å². The number of nitriles is 1. The van der Waals surface area contributed by atoms with Crippen molar-refractivity contribution in [3.05, 3.63) is 57.2 Å². The minimum absolute atomic E-state index is 0.186. The van der Waals surface area contributed by atoms with Crippen molar-refractivity contribution < 1.29 is 9.53 Å². The van der Waals surface area contributed by atoms with Gasteiger partial charge in [0.15, 0.2) is 6.10 Å². The predicted octanol–water partition coefficient (Wildman–Crippen LogP) is 4.14. The van der Waals surface area contributed by atoms with Gasteiger partial charge in [-0.3, -0.25) is 4.79 Å². The SMILES string of the molecule is Cc1nc(-c2ccc(CNC(=O)[C@@H](C)Oc3ccc(C#N)cc3)s2)cs1. The quantitative estimate of drug-likeness (QED) is 0.694. The smallest absolute Gasteiger partial charge is 0.261 e. The topological polar surface area (TPSA) is 75.0 Å². The molecule has 0 unspecified atom stereocenters. The molecule has 2 heterocycles. The molecule has 0 aliphatic carbocycles. The van der Waals surface area contributed by atoms with E-state index in [-0.39, 0.29) is 5.91 Å². The van der Waals surface area contributed by atoms with Crippen LogP contribution in [0.25, 0.3) is 10.6 Å². The largest absolute Gasteiger partial charge is 0.481 e. The molecule has 3 rings (SSSR count). The van der Waals surface area contributed by atoms with Gasteiger partial charge < -0.3 is 10.1 Å². The first-order chi connectivity index (χ1) is 12.5. The van der Waals surface area contributed by atoms with Crippen LogP contribution in [0.15, 0.2) is 41.8 Å². The van der Waals surface area contributed by atoms with Crippen molar-refractivity contribution >= 4 is 28.6 Å². The maximum Gasteiger partial charge on any atom is 0.261 e. The average molecular weight is 383 g/mol. The van der Waals surface area contributed by atoms with Crippen LogP contribution < -0.4 is 10.1 Å². The number of nitrogens with zero attached hydrogens (tertiary/aromatic N) is 2. The molecular formula is C19H17N3O2S2. The van der Waals surface area contributed by atoms with Crippen molar-refractivity contribution in [1.29, 1.82) is 5.26 Å². The Hall–Kier alpha value is -2.69. The fourth-order valence-electron chi connectivity index (χ4n) is 2.27. The van der Waals surface area contributed by atoms with Crippen LogP contribution >= 0.6 is 22.7 Å². The molecule has 132 valence electrons. The van der Waals surface area contributed by atoms with Gasteiger partial charge in [-0.25, -0.2) is 4.98 Å². The van der Waals surface area contributed by atoms with Gasteiger partial charge >= 0.3 is 0 Å². The van der Waals surface area contributed by atoms with Crippen LogP contribution in [0.1, 0.15) is 22.4 Å². The molecule has 2 aromatic heterocycles. The third kappa shape index (κ3) is 4.48. The minimum atomic E-state index is -0.622. The minimum Gasteiger partial charge on any atom is -0.481 e. The van der Waals surface area contributed by atoms with E-state index in [0.717, 1.165) is 20.5 Å². The number of thiazole rings is 1. The van der Waals surface area contributed by atoms with E-state index < -0.39 is 6.10 Å². The van der Waals surface area contributed by atoms with Crippen molar-refractivity contribution in [1.82, 2.24) is 10.3 Å². The summed E-state index contributed by atoms with van der Waals surface area (Å²) in [5, 5.41) is 14.8. The van der Waals surface area contributed by atoms with E-state index >= 15 is 0 Å². The highest BCUT2D eigenvalue weighted by Crippen LogP contribution is 2.28.